The third kappa shape index (κ3) is 6.98. The molecule has 1 aliphatic rings. The molecule has 1 heterocycles. The number of aliphatic hydroxyl groups excluding tert-OH is 1. The zero-order chi connectivity index (χ0) is 21.2. The van der Waals surface area contributed by atoms with Gasteiger partial charge in [-0.1, -0.05) is 49.4 Å². The molecule has 5 nitrogen and oxygen atoms in total. The Morgan fingerprint density at radius 1 is 1.41 bits per heavy atom. The van der Waals surface area contributed by atoms with E-state index in [-0.39, 0.29) is 6.10 Å². The van der Waals surface area contributed by atoms with E-state index in [1.807, 2.05) is 17.0 Å². The van der Waals surface area contributed by atoms with Crippen molar-refractivity contribution in [3.05, 3.63) is 64.3 Å². The first kappa shape index (κ1) is 23.6. The lowest BCUT2D eigenvalue weighted by Crippen LogP contribution is -2.39. The fraction of sp³-hybridized carbons (Fsp3) is 0.478. The number of aliphatic hydroxyl groups is 1. The largest absolute Gasteiger partial charge is 0.402 e. The first-order valence-corrected chi connectivity index (χ1v) is 10.6. The van der Waals surface area contributed by atoms with E-state index < -0.39 is 6.23 Å². The first-order valence-electron chi connectivity index (χ1n) is 10.3. The zero-order valence-electron chi connectivity index (χ0n) is 17.3. The summed E-state index contributed by atoms with van der Waals surface area (Å²) in [5, 5.41) is 10.8. The number of nitrogens with zero attached hydrogens (tertiary/aromatic N) is 1. The number of rotatable bonds is 11. The van der Waals surface area contributed by atoms with Crippen molar-refractivity contribution in [3.63, 3.8) is 0 Å². The third-order valence-electron chi connectivity index (χ3n) is 5.22. The minimum atomic E-state index is -0.701. The van der Waals surface area contributed by atoms with Crippen molar-refractivity contribution >= 4 is 17.7 Å². The van der Waals surface area contributed by atoms with Crippen LogP contribution in [0.2, 0.25) is 5.02 Å². The van der Waals surface area contributed by atoms with E-state index in [9.17, 15) is 5.11 Å². The summed E-state index contributed by atoms with van der Waals surface area (Å²) in [7, 11) is 0. The monoisotopic (exact) mass is 419 g/mol. The highest BCUT2D eigenvalue weighted by atomic mass is 35.5. The van der Waals surface area contributed by atoms with Crippen molar-refractivity contribution in [2.75, 3.05) is 26.2 Å². The molecule has 5 N–H and O–H groups in total. The lowest BCUT2D eigenvalue weighted by atomic mass is 9.95. The van der Waals surface area contributed by atoms with E-state index >= 15 is 0 Å². The number of hydrogen-bond donors (Lipinski definition) is 3. The fourth-order valence-corrected chi connectivity index (χ4v) is 3.77. The van der Waals surface area contributed by atoms with Crippen molar-refractivity contribution in [3.8, 4) is 0 Å². The molecule has 1 aromatic rings. The van der Waals surface area contributed by atoms with Gasteiger partial charge in [0.1, 0.15) is 6.23 Å². The summed E-state index contributed by atoms with van der Waals surface area (Å²) in [6.07, 6.45) is 8.18. The van der Waals surface area contributed by atoms with Crippen molar-refractivity contribution in [1.29, 1.82) is 0 Å². The summed E-state index contributed by atoms with van der Waals surface area (Å²) in [6, 6.07) is 5.97. The number of hydrogen-bond acceptors (Lipinski definition) is 5. The molecule has 2 unspecified atom stereocenters. The zero-order valence-corrected chi connectivity index (χ0v) is 18.1. The van der Waals surface area contributed by atoms with Crippen LogP contribution in [0.15, 0.2) is 48.2 Å². The van der Waals surface area contributed by atoms with E-state index in [1.54, 1.807) is 0 Å². The molecule has 0 fully saturated rings. The van der Waals surface area contributed by atoms with Crippen LogP contribution in [0.5, 0.6) is 0 Å². The summed E-state index contributed by atoms with van der Waals surface area (Å²) in [5.41, 5.74) is 16.2. The molecule has 29 heavy (non-hydrogen) atoms. The van der Waals surface area contributed by atoms with Gasteiger partial charge in [0.15, 0.2) is 0 Å². The van der Waals surface area contributed by atoms with Gasteiger partial charge in [-0.05, 0) is 41.7 Å². The Balaban J connectivity index is 2.02. The third-order valence-corrected chi connectivity index (χ3v) is 5.57. The van der Waals surface area contributed by atoms with Gasteiger partial charge in [0, 0.05) is 43.2 Å². The minimum absolute atomic E-state index is 0.00587. The number of benzene rings is 1. The highest BCUT2D eigenvalue weighted by Gasteiger charge is 2.23. The molecule has 0 spiro atoms. The first-order chi connectivity index (χ1) is 14.0. The normalized spacial score (nSPS) is 18.6. The summed E-state index contributed by atoms with van der Waals surface area (Å²) in [6.45, 7) is 8.00. The molecule has 160 valence electrons. The molecule has 0 aromatic heterocycles. The molecule has 2 rings (SSSR count). The minimum Gasteiger partial charge on any atom is -0.402 e. The van der Waals surface area contributed by atoms with Gasteiger partial charge in [0.2, 0.25) is 0 Å². The lowest BCUT2D eigenvalue weighted by molar-refractivity contribution is 0.0374. The number of halogens is 1. The Labute approximate surface area is 179 Å². The maximum atomic E-state index is 10.0. The van der Waals surface area contributed by atoms with E-state index in [2.05, 4.69) is 31.7 Å². The van der Waals surface area contributed by atoms with E-state index in [0.717, 1.165) is 46.7 Å². The van der Waals surface area contributed by atoms with Gasteiger partial charge < -0.3 is 21.3 Å². The Kier molecular flexibility index (Phi) is 9.91. The second-order valence-corrected chi connectivity index (χ2v) is 7.72. The van der Waals surface area contributed by atoms with Crippen LogP contribution < -0.4 is 11.5 Å². The van der Waals surface area contributed by atoms with Crippen molar-refractivity contribution < 1.29 is 9.84 Å². The lowest BCUT2D eigenvalue weighted by Gasteiger charge is -2.29. The SMILES string of the molecule is C=CC(O)N(CCN)CCC1=C(N)CC(Cc2c(Cl)cccc2/C=C\CC)OC1. The van der Waals surface area contributed by atoms with E-state index in [1.165, 1.54) is 6.08 Å². The Morgan fingerprint density at radius 2 is 2.21 bits per heavy atom. The van der Waals surface area contributed by atoms with Crippen LogP contribution in [0.3, 0.4) is 0 Å². The molecule has 2 atom stereocenters. The molecule has 0 radical (unpaired) electrons. The average molecular weight is 420 g/mol. The maximum Gasteiger partial charge on any atom is 0.126 e. The van der Waals surface area contributed by atoms with Crippen LogP contribution in [0.25, 0.3) is 6.08 Å². The van der Waals surface area contributed by atoms with Crippen LogP contribution in [0.1, 0.15) is 37.3 Å². The van der Waals surface area contributed by atoms with Crippen LogP contribution >= 0.6 is 11.6 Å². The smallest absolute Gasteiger partial charge is 0.126 e. The predicted molar refractivity (Wildman–Crippen MR) is 121 cm³/mol. The van der Waals surface area contributed by atoms with Crippen LogP contribution in [0, 0.1) is 0 Å². The molecule has 6 heteroatoms. The van der Waals surface area contributed by atoms with Gasteiger partial charge in [-0.25, -0.2) is 0 Å². The summed E-state index contributed by atoms with van der Waals surface area (Å²) in [4.78, 5) is 1.88. The average Bonchev–Trinajstić information content (AvgIpc) is 2.72. The molecule has 0 amide bonds. The predicted octanol–water partition coefficient (Wildman–Crippen LogP) is 3.46. The fourth-order valence-electron chi connectivity index (χ4n) is 3.51. The molecular formula is C23H34ClN3O2. The second kappa shape index (κ2) is 12.2. The highest BCUT2D eigenvalue weighted by Crippen LogP contribution is 2.28. The highest BCUT2D eigenvalue weighted by molar-refractivity contribution is 6.31. The Morgan fingerprint density at radius 3 is 2.86 bits per heavy atom. The van der Waals surface area contributed by atoms with Crippen LogP contribution in [-0.2, 0) is 11.2 Å². The number of nitrogens with two attached hydrogens (primary N) is 2. The Bertz CT molecular complexity index is 733. The van der Waals surface area contributed by atoms with Gasteiger partial charge >= 0.3 is 0 Å². The summed E-state index contributed by atoms with van der Waals surface area (Å²) >= 11 is 6.47. The maximum absolute atomic E-state index is 10.0. The molecule has 1 aromatic carbocycles. The van der Waals surface area contributed by atoms with E-state index in [4.69, 9.17) is 27.8 Å². The van der Waals surface area contributed by atoms with Crippen molar-refractivity contribution in [2.24, 2.45) is 11.5 Å². The van der Waals surface area contributed by atoms with Gasteiger partial charge in [-0.15, -0.1) is 0 Å². The topological polar surface area (TPSA) is 84.7 Å². The molecule has 0 aliphatic carbocycles. The summed E-state index contributed by atoms with van der Waals surface area (Å²) < 4.78 is 6.11. The van der Waals surface area contributed by atoms with Gasteiger partial charge in [0.05, 0.1) is 12.7 Å². The quantitative estimate of drug-likeness (QED) is 0.378. The van der Waals surface area contributed by atoms with Gasteiger partial charge in [-0.3, -0.25) is 4.90 Å². The molecule has 0 saturated heterocycles. The number of ether oxygens (including phenoxy) is 1. The van der Waals surface area contributed by atoms with Gasteiger partial charge in [0.25, 0.3) is 0 Å². The van der Waals surface area contributed by atoms with E-state index in [0.29, 0.717) is 32.7 Å². The number of allylic oxidation sites excluding steroid dienone is 1. The second-order valence-electron chi connectivity index (χ2n) is 7.31. The molecule has 1 aliphatic heterocycles. The van der Waals surface area contributed by atoms with Crippen LogP contribution in [-0.4, -0.2) is 48.6 Å². The van der Waals surface area contributed by atoms with Crippen molar-refractivity contribution in [2.45, 2.75) is 44.9 Å². The van der Waals surface area contributed by atoms with Gasteiger partial charge in [-0.2, -0.15) is 0 Å². The Hall–Kier alpha value is -1.63. The molecular weight excluding hydrogens is 386 g/mol. The summed E-state index contributed by atoms with van der Waals surface area (Å²) in [5.74, 6) is 0. The molecule has 0 saturated carbocycles. The van der Waals surface area contributed by atoms with Crippen molar-refractivity contribution in [1.82, 2.24) is 4.90 Å². The molecule has 0 bridgehead atoms. The standard InChI is InChI=1S/C23H34ClN3O2/c1-3-5-7-17-8-6-9-21(24)20(17)14-19-15-22(26)18(16-29-19)10-12-27(13-11-25)23(28)4-2/h4-9,19,23,28H,2-3,10-16,25-26H2,1H3/b7-5-. The van der Waals surface area contributed by atoms with Crippen LogP contribution in [0.4, 0.5) is 0 Å².